The number of aromatic nitrogens is 1. The molecule has 21 heavy (non-hydrogen) atoms. The molecule has 1 atom stereocenters. The third kappa shape index (κ3) is 4.18. The highest BCUT2D eigenvalue weighted by Crippen LogP contribution is 2.22. The molecule has 0 aromatic carbocycles. The second-order valence-electron chi connectivity index (χ2n) is 4.86. The highest BCUT2D eigenvalue weighted by Gasteiger charge is 2.31. The largest absolute Gasteiger partial charge is 0.465 e. The SMILES string of the molecule is COC(=O)c1ccc(CN2CCSCC2S(C)(=O)=O)nc1. The van der Waals surface area contributed by atoms with E-state index in [2.05, 4.69) is 9.72 Å². The quantitative estimate of drug-likeness (QED) is 0.755. The van der Waals surface area contributed by atoms with Crippen LogP contribution in [0.4, 0.5) is 0 Å². The molecule has 1 aromatic heterocycles. The van der Waals surface area contributed by atoms with Crippen LogP contribution >= 0.6 is 11.8 Å². The summed E-state index contributed by atoms with van der Waals surface area (Å²) in [5, 5.41) is -0.474. The summed E-state index contributed by atoms with van der Waals surface area (Å²) in [6, 6.07) is 3.37. The van der Waals surface area contributed by atoms with Crippen LogP contribution in [0.15, 0.2) is 18.3 Å². The minimum atomic E-state index is -3.12. The molecule has 1 saturated heterocycles. The zero-order valence-corrected chi connectivity index (χ0v) is 13.6. The van der Waals surface area contributed by atoms with Crippen molar-refractivity contribution in [2.75, 3.05) is 31.4 Å². The normalized spacial score (nSPS) is 20.2. The van der Waals surface area contributed by atoms with Crippen LogP contribution in [0.1, 0.15) is 16.1 Å². The number of ether oxygens (including phenoxy) is 1. The Morgan fingerprint density at radius 2 is 2.29 bits per heavy atom. The average Bonchev–Trinajstić information content (AvgIpc) is 2.47. The third-order valence-corrected chi connectivity index (χ3v) is 5.98. The number of hydrogen-bond donors (Lipinski definition) is 0. The second kappa shape index (κ2) is 6.76. The van der Waals surface area contributed by atoms with Crippen LogP contribution in [0.2, 0.25) is 0 Å². The maximum absolute atomic E-state index is 11.8. The van der Waals surface area contributed by atoms with Gasteiger partial charge < -0.3 is 4.74 Å². The number of carbonyl (C=O) groups excluding carboxylic acids is 1. The number of methoxy groups -OCH3 is 1. The molecule has 2 rings (SSSR count). The van der Waals surface area contributed by atoms with Crippen molar-refractivity contribution in [1.29, 1.82) is 0 Å². The summed E-state index contributed by atoms with van der Waals surface area (Å²) in [7, 11) is -1.80. The van der Waals surface area contributed by atoms with Gasteiger partial charge in [0.25, 0.3) is 0 Å². The van der Waals surface area contributed by atoms with Crippen LogP contribution in [0, 0.1) is 0 Å². The Kier molecular flexibility index (Phi) is 5.23. The molecule has 1 aromatic rings. The molecule has 8 heteroatoms. The first-order valence-electron chi connectivity index (χ1n) is 6.45. The lowest BCUT2D eigenvalue weighted by Gasteiger charge is -2.33. The van der Waals surface area contributed by atoms with Gasteiger partial charge in [0, 0.05) is 37.0 Å². The summed E-state index contributed by atoms with van der Waals surface area (Å²) in [4.78, 5) is 17.5. The monoisotopic (exact) mass is 330 g/mol. The molecule has 1 aliphatic rings. The number of hydrogen-bond acceptors (Lipinski definition) is 7. The van der Waals surface area contributed by atoms with Crippen LogP contribution in [-0.4, -0.2) is 61.1 Å². The molecule has 0 bridgehead atoms. The van der Waals surface area contributed by atoms with Gasteiger partial charge in [-0.3, -0.25) is 9.88 Å². The number of rotatable bonds is 4. The molecule has 0 radical (unpaired) electrons. The first kappa shape index (κ1) is 16.3. The first-order valence-corrected chi connectivity index (χ1v) is 9.56. The van der Waals surface area contributed by atoms with E-state index in [-0.39, 0.29) is 0 Å². The number of nitrogens with zero attached hydrogens (tertiary/aromatic N) is 2. The Bertz CT molecular complexity index is 601. The highest BCUT2D eigenvalue weighted by atomic mass is 32.2. The molecular formula is C13H18N2O4S2. The van der Waals surface area contributed by atoms with Gasteiger partial charge in [0.15, 0.2) is 9.84 Å². The van der Waals surface area contributed by atoms with Crippen LogP contribution in [-0.2, 0) is 21.1 Å². The fourth-order valence-corrected chi connectivity index (χ4v) is 5.10. The lowest BCUT2D eigenvalue weighted by molar-refractivity contribution is 0.0600. The standard InChI is InChI=1S/C13H18N2O4S2/c1-19-13(16)10-3-4-11(14-7-10)8-15-5-6-20-9-12(15)21(2,17)18/h3-4,7,12H,5-6,8-9H2,1-2H3. The summed E-state index contributed by atoms with van der Waals surface area (Å²) in [6.07, 6.45) is 2.72. The Labute approximate surface area is 128 Å². The molecule has 0 aliphatic carbocycles. The van der Waals surface area contributed by atoms with E-state index in [1.807, 2.05) is 4.90 Å². The lowest BCUT2D eigenvalue weighted by Crippen LogP contribution is -2.46. The average molecular weight is 330 g/mol. The second-order valence-corrected chi connectivity index (χ2v) is 8.21. The Balaban J connectivity index is 2.11. The molecular weight excluding hydrogens is 312 g/mol. The van der Waals surface area contributed by atoms with Crippen LogP contribution < -0.4 is 0 Å². The van der Waals surface area contributed by atoms with Crippen LogP contribution in [0.25, 0.3) is 0 Å². The van der Waals surface area contributed by atoms with E-state index in [4.69, 9.17) is 0 Å². The Hall–Kier alpha value is -1.12. The van der Waals surface area contributed by atoms with E-state index in [1.54, 1.807) is 23.9 Å². The number of sulfone groups is 1. The molecule has 1 aliphatic heterocycles. The van der Waals surface area contributed by atoms with Crippen LogP contribution in [0.3, 0.4) is 0 Å². The van der Waals surface area contributed by atoms with Gasteiger partial charge in [0.2, 0.25) is 0 Å². The summed E-state index contributed by atoms with van der Waals surface area (Å²) >= 11 is 1.65. The summed E-state index contributed by atoms with van der Waals surface area (Å²) in [5.41, 5.74) is 1.12. The minimum absolute atomic E-state index is 0.384. The van der Waals surface area contributed by atoms with Gasteiger partial charge in [0.05, 0.1) is 18.4 Å². The smallest absolute Gasteiger partial charge is 0.339 e. The molecule has 2 heterocycles. The number of esters is 1. The van der Waals surface area contributed by atoms with Gasteiger partial charge in [-0.15, -0.1) is 0 Å². The van der Waals surface area contributed by atoms with Gasteiger partial charge in [0.1, 0.15) is 5.37 Å². The van der Waals surface area contributed by atoms with E-state index >= 15 is 0 Å². The van der Waals surface area contributed by atoms with Crippen molar-refractivity contribution in [1.82, 2.24) is 9.88 Å². The highest BCUT2D eigenvalue weighted by molar-refractivity contribution is 8.00. The van der Waals surface area contributed by atoms with Crippen molar-refractivity contribution in [3.63, 3.8) is 0 Å². The summed E-state index contributed by atoms with van der Waals surface area (Å²) in [6.45, 7) is 1.17. The van der Waals surface area contributed by atoms with Crippen molar-refractivity contribution in [2.45, 2.75) is 11.9 Å². The Morgan fingerprint density at radius 1 is 1.52 bits per heavy atom. The molecule has 1 fully saturated rings. The molecule has 0 N–H and O–H groups in total. The Morgan fingerprint density at radius 3 is 2.86 bits per heavy atom. The zero-order valence-electron chi connectivity index (χ0n) is 12.0. The molecule has 116 valence electrons. The van der Waals surface area contributed by atoms with E-state index in [0.29, 0.717) is 24.4 Å². The number of carbonyl (C=O) groups is 1. The van der Waals surface area contributed by atoms with Gasteiger partial charge in [-0.05, 0) is 12.1 Å². The minimum Gasteiger partial charge on any atom is -0.465 e. The molecule has 0 spiro atoms. The van der Waals surface area contributed by atoms with Gasteiger partial charge in [-0.25, -0.2) is 13.2 Å². The maximum Gasteiger partial charge on any atom is 0.339 e. The predicted octanol–water partition coefficient (Wildman–Crippen LogP) is 0.788. The van der Waals surface area contributed by atoms with Gasteiger partial charge in [-0.1, -0.05) is 0 Å². The first-order chi connectivity index (χ1) is 9.91. The fraction of sp³-hybridized carbons (Fsp3) is 0.538. The van der Waals surface area contributed by atoms with Gasteiger partial charge in [-0.2, -0.15) is 11.8 Å². The molecule has 0 saturated carbocycles. The van der Waals surface area contributed by atoms with Gasteiger partial charge >= 0.3 is 5.97 Å². The van der Waals surface area contributed by atoms with E-state index in [9.17, 15) is 13.2 Å². The lowest BCUT2D eigenvalue weighted by atomic mass is 10.2. The number of thioether (sulfide) groups is 1. The molecule has 6 nitrogen and oxygen atoms in total. The topological polar surface area (TPSA) is 76.6 Å². The van der Waals surface area contributed by atoms with E-state index < -0.39 is 21.2 Å². The van der Waals surface area contributed by atoms with E-state index in [1.165, 1.54) is 19.6 Å². The van der Waals surface area contributed by atoms with E-state index in [0.717, 1.165) is 11.4 Å². The number of pyridine rings is 1. The summed E-state index contributed by atoms with van der Waals surface area (Å²) in [5.74, 6) is 1.06. The van der Waals surface area contributed by atoms with Crippen molar-refractivity contribution in [3.8, 4) is 0 Å². The summed E-state index contributed by atoms with van der Waals surface area (Å²) < 4.78 is 28.3. The fourth-order valence-electron chi connectivity index (χ4n) is 2.16. The van der Waals surface area contributed by atoms with Crippen molar-refractivity contribution in [3.05, 3.63) is 29.6 Å². The van der Waals surface area contributed by atoms with Crippen molar-refractivity contribution < 1.29 is 17.9 Å². The van der Waals surface area contributed by atoms with Crippen molar-refractivity contribution >= 4 is 27.6 Å². The van der Waals surface area contributed by atoms with Crippen LogP contribution in [0.5, 0.6) is 0 Å². The third-order valence-electron chi connectivity index (χ3n) is 3.30. The zero-order chi connectivity index (χ0) is 15.5. The predicted molar refractivity (Wildman–Crippen MR) is 81.9 cm³/mol. The molecule has 0 amide bonds. The molecule has 1 unspecified atom stereocenters. The maximum atomic E-state index is 11.8. The van der Waals surface area contributed by atoms with Crippen molar-refractivity contribution in [2.24, 2.45) is 0 Å².